The topological polar surface area (TPSA) is 44.1 Å². The Kier molecular flexibility index (Phi) is 3.64. The van der Waals surface area contributed by atoms with Gasteiger partial charge in [-0.05, 0) is 38.1 Å². The fourth-order valence-corrected chi connectivity index (χ4v) is 4.29. The molecule has 1 aliphatic heterocycles. The number of fused-ring (bicyclic) bond motifs is 1. The first-order chi connectivity index (χ1) is 9.46. The molecule has 0 N–H and O–H groups in total. The maximum Gasteiger partial charge on any atom is 0.262 e. The van der Waals surface area contributed by atoms with E-state index in [4.69, 9.17) is 4.74 Å². The minimum absolute atomic E-state index is 0.0117. The summed E-state index contributed by atoms with van der Waals surface area (Å²) in [5.41, 5.74) is 0.0221. The standard InChI is InChI=1S/C14H18N2O2S2/c1-14(2)6-4-9(18-14)8-20-13-15-11-10(5-7-19-11)12(17)16(13)3/h5,7,9H,4,6,8H2,1-3H3/t9-/m0/s1. The molecule has 0 saturated carbocycles. The third-order valence-electron chi connectivity index (χ3n) is 3.62. The highest BCUT2D eigenvalue weighted by atomic mass is 32.2. The number of thioether (sulfide) groups is 1. The number of thiophene rings is 1. The second kappa shape index (κ2) is 5.16. The van der Waals surface area contributed by atoms with Gasteiger partial charge in [0.25, 0.3) is 5.56 Å². The van der Waals surface area contributed by atoms with Gasteiger partial charge in [-0.2, -0.15) is 0 Å². The maximum absolute atomic E-state index is 12.2. The average molecular weight is 310 g/mol. The smallest absolute Gasteiger partial charge is 0.262 e. The van der Waals surface area contributed by atoms with Crippen LogP contribution in [0.5, 0.6) is 0 Å². The van der Waals surface area contributed by atoms with E-state index in [2.05, 4.69) is 18.8 Å². The summed E-state index contributed by atoms with van der Waals surface area (Å²) < 4.78 is 7.62. The lowest BCUT2D eigenvalue weighted by atomic mass is 10.1. The molecule has 2 aromatic heterocycles. The van der Waals surface area contributed by atoms with Crippen molar-refractivity contribution in [3.63, 3.8) is 0 Å². The molecule has 0 bridgehead atoms. The zero-order chi connectivity index (χ0) is 14.3. The van der Waals surface area contributed by atoms with Gasteiger partial charge in [-0.3, -0.25) is 9.36 Å². The molecule has 3 heterocycles. The number of hydrogen-bond donors (Lipinski definition) is 0. The van der Waals surface area contributed by atoms with Crippen molar-refractivity contribution in [1.29, 1.82) is 0 Å². The molecule has 1 fully saturated rings. The lowest BCUT2D eigenvalue weighted by Gasteiger charge is -2.19. The Labute approximate surface area is 126 Å². The molecular formula is C14H18N2O2S2. The van der Waals surface area contributed by atoms with E-state index in [0.717, 1.165) is 28.6 Å². The van der Waals surface area contributed by atoms with E-state index in [-0.39, 0.29) is 17.3 Å². The van der Waals surface area contributed by atoms with Gasteiger partial charge >= 0.3 is 0 Å². The quantitative estimate of drug-likeness (QED) is 0.645. The first-order valence-corrected chi connectivity index (χ1v) is 8.58. The van der Waals surface area contributed by atoms with Crippen LogP contribution in [0.15, 0.2) is 21.4 Å². The van der Waals surface area contributed by atoms with Crippen molar-refractivity contribution in [2.45, 2.75) is 43.6 Å². The molecular weight excluding hydrogens is 292 g/mol. The summed E-state index contributed by atoms with van der Waals surface area (Å²) in [6.45, 7) is 4.26. The normalized spacial score (nSPS) is 21.6. The lowest BCUT2D eigenvalue weighted by Crippen LogP contribution is -2.22. The summed E-state index contributed by atoms with van der Waals surface area (Å²) >= 11 is 3.12. The highest BCUT2D eigenvalue weighted by Gasteiger charge is 2.31. The van der Waals surface area contributed by atoms with Gasteiger partial charge in [-0.25, -0.2) is 4.98 Å². The van der Waals surface area contributed by atoms with Gasteiger partial charge in [0.2, 0.25) is 0 Å². The first-order valence-electron chi connectivity index (χ1n) is 6.71. The van der Waals surface area contributed by atoms with E-state index < -0.39 is 0 Å². The molecule has 0 aromatic carbocycles. The number of hydrogen-bond acceptors (Lipinski definition) is 5. The van der Waals surface area contributed by atoms with Crippen molar-refractivity contribution >= 4 is 33.3 Å². The molecule has 0 aliphatic carbocycles. The number of aromatic nitrogens is 2. The highest BCUT2D eigenvalue weighted by molar-refractivity contribution is 7.99. The molecule has 2 aromatic rings. The molecule has 0 spiro atoms. The van der Waals surface area contributed by atoms with Crippen LogP contribution >= 0.6 is 23.1 Å². The Bertz CT molecular complexity index is 690. The van der Waals surface area contributed by atoms with Crippen LogP contribution in [-0.4, -0.2) is 27.0 Å². The van der Waals surface area contributed by atoms with E-state index in [9.17, 15) is 4.79 Å². The van der Waals surface area contributed by atoms with Crippen LogP contribution in [0.3, 0.4) is 0 Å². The van der Waals surface area contributed by atoms with Crippen LogP contribution in [0, 0.1) is 0 Å². The zero-order valence-electron chi connectivity index (χ0n) is 11.9. The summed E-state index contributed by atoms with van der Waals surface area (Å²) in [6, 6.07) is 1.84. The predicted octanol–water partition coefficient (Wildman–Crippen LogP) is 3.04. The summed E-state index contributed by atoms with van der Waals surface area (Å²) in [4.78, 5) is 17.6. The molecule has 4 nitrogen and oxygen atoms in total. The van der Waals surface area contributed by atoms with Crippen molar-refractivity contribution in [2.24, 2.45) is 7.05 Å². The fourth-order valence-electron chi connectivity index (χ4n) is 2.47. The lowest BCUT2D eigenvalue weighted by molar-refractivity contribution is -0.00469. The number of nitrogens with zero attached hydrogens (tertiary/aromatic N) is 2. The van der Waals surface area contributed by atoms with Crippen LogP contribution < -0.4 is 5.56 Å². The molecule has 1 saturated heterocycles. The van der Waals surface area contributed by atoms with Crippen molar-refractivity contribution in [1.82, 2.24) is 9.55 Å². The number of ether oxygens (including phenoxy) is 1. The summed E-state index contributed by atoms with van der Waals surface area (Å²) in [5, 5.41) is 3.40. The average Bonchev–Trinajstić information content (AvgIpc) is 2.98. The Hall–Kier alpha value is -0.850. The molecule has 0 amide bonds. The van der Waals surface area contributed by atoms with Crippen LogP contribution in [0.1, 0.15) is 26.7 Å². The van der Waals surface area contributed by atoms with E-state index >= 15 is 0 Å². The predicted molar refractivity (Wildman–Crippen MR) is 83.8 cm³/mol. The maximum atomic E-state index is 12.2. The summed E-state index contributed by atoms with van der Waals surface area (Å²) in [6.07, 6.45) is 2.43. The van der Waals surface area contributed by atoms with Gasteiger partial charge in [-0.15, -0.1) is 11.3 Å². The Morgan fingerprint density at radius 1 is 1.60 bits per heavy atom. The number of rotatable bonds is 3. The largest absolute Gasteiger partial charge is 0.371 e. The SMILES string of the molecule is Cn1c(SC[C@@H]2CCC(C)(C)O2)nc2sccc2c1=O. The molecule has 0 radical (unpaired) electrons. The van der Waals surface area contributed by atoms with Gasteiger partial charge in [-0.1, -0.05) is 11.8 Å². The molecule has 1 aliphatic rings. The van der Waals surface area contributed by atoms with E-state index in [1.165, 1.54) is 11.3 Å². The third-order valence-corrected chi connectivity index (χ3v) is 5.58. The Morgan fingerprint density at radius 2 is 2.40 bits per heavy atom. The van der Waals surface area contributed by atoms with Crippen molar-refractivity contribution < 1.29 is 4.74 Å². The minimum Gasteiger partial charge on any atom is -0.371 e. The van der Waals surface area contributed by atoms with E-state index in [0.29, 0.717) is 5.39 Å². The van der Waals surface area contributed by atoms with Crippen molar-refractivity contribution in [3.05, 3.63) is 21.8 Å². The van der Waals surface area contributed by atoms with Gasteiger partial charge in [0.05, 0.1) is 17.1 Å². The molecule has 108 valence electrons. The Balaban J connectivity index is 1.78. The second-order valence-corrected chi connectivity index (χ2v) is 7.63. The minimum atomic E-state index is -0.0117. The van der Waals surface area contributed by atoms with Crippen molar-refractivity contribution in [3.8, 4) is 0 Å². The molecule has 3 rings (SSSR count). The zero-order valence-corrected chi connectivity index (χ0v) is 13.5. The second-order valence-electron chi connectivity index (χ2n) is 5.75. The van der Waals surface area contributed by atoms with Gasteiger partial charge < -0.3 is 4.74 Å². The first kappa shape index (κ1) is 14.1. The van der Waals surface area contributed by atoms with Crippen molar-refractivity contribution in [2.75, 3.05) is 5.75 Å². The molecule has 20 heavy (non-hydrogen) atoms. The van der Waals surface area contributed by atoms with Gasteiger partial charge in [0.15, 0.2) is 5.16 Å². The van der Waals surface area contributed by atoms with E-state index in [1.54, 1.807) is 23.4 Å². The Morgan fingerprint density at radius 3 is 3.10 bits per heavy atom. The molecule has 6 heteroatoms. The third kappa shape index (κ3) is 2.64. The molecule has 1 atom stereocenters. The summed E-state index contributed by atoms with van der Waals surface area (Å²) in [7, 11) is 1.79. The molecule has 0 unspecified atom stereocenters. The monoisotopic (exact) mass is 310 g/mol. The van der Waals surface area contributed by atoms with Crippen LogP contribution in [0.2, 0.25) is 0 Å². The summed E-state index contributed by atoms with van der Waals surface area (Å²) in [5.74, 6) is 0.848. The van der Waals surface area contributed by atoms with Crippen LogP contribution in [-0.2, 0) is 11.8 Å². The van der Waals surface area contributed by atoms with Crippen LogP contribution in [0.25, 0.3) is 10.2 Å². The fraction of sp³-hybridized carbons (Fsp3) is 0.571. The van der Waals surface area contributed by atoms with Gasteiger partial charge in [0, 0.05) is 12.8 Å². The highest BCUT2D eigenvalue weighted by Crippen LogP contribution is 2.32. The van der Waals surface area contributed by atoms with Gasteiger partial charge in [0.1, 0.15) is 4.83 Å². The van der Waals surface area contributed by atoms with E-state index in [1.807, 2.05) is 11.4 Å². The van der Waals surface area contributed by atoms with Crippen LogP contribution in [0.4, 0.5) is 0 Å².